The van der Waals surface area contributed by atoms with Crippen molar-refractivity contribution in [1.82, 2.24) is 9.88 Å². The Hall–Kier alpha value is -1.10. The van der Waals surface area contributed by atoms with Crippen LogP contribution in [0.5, 0.6) is 0 Å². The maximum Gasteiger partial charge on any atom is 0.256 e. The molecule has 1 aromatic rings. The van der Waals surface area contributed by atoms with Crippen LogP contribution in [0.3, 0.4) is 0 Å². The van der Waals surface area contributed by atoms with Gasteiger partial charge in [-0.15, -0.1) is 11.8 Å². The molecule has 0 aromatic carbocycles. The van der Waals surface area contributed by atoms with Crippen LogP contribution in [-0.4, -0.2) is 33.5 Å². The summed E-state index contributed by atoms with van der Waals surface area (Å²) in [5, 5.41) is 0.167. The highest BCUT2D eigenvalue weighted by molar-refractivity contribution is 8.00. The van der Waals surface area contributed by atoms with Crippen molar-refractivity contribution < 1.29 is 9.18 Å². The van der Waals surface area contributed by atoms with Crippen LogP contribution in [0.1, 0.15) is 17.3 Å². The largest absolute Gasteiger partial charge is 0.326 e. The van der Waals surface area contributed by atoms with E-state index in [1.165, 1.54) is 12.3 Å². The summed E-state index contributed by atoms with van der Waals surface area (Å²) in [5.41, 5.74) is 0.323. The van der Waals surface area contributed by atoms with Gasteiger partial charge in [-0.05, 0) is 13.0 Å². The first-order chi connectivity index (χ1) is 7.18. The van der Waals surface area contributed by atoms with Gasteiger partial charge in [0, 0.05) is 18.5 Å². The Morgan fingerprint density at radius 1 is 1.67 bits per heavy atom. The van der Waals surface area contributed by atoms with Gasteiger partial charge in [0.1, 0.15) is 5.82 Å². The summed E-state index contributed by atoms with van der Waals surface area (Å²) in [6.07, 6.45) is 2.50. The number of carbonyl (C=O) groups is 1. The van der Waals surface area contributed by atoms with E-state index in [-0.39, 0.29) is 11.3 Å². The standard InChI is InChI=1S/C10H11FN2OS/c1-7-13(2-3-15-7)10(14)8-4-9(11)6-12-5-8/h4-7H,2-3H2,1H3. The van der Waals surface area contributed by atoms with Crippen LogP contribution in [0.15, 0.2) is 18.5 Å². The van der Waals surface area contributed by atoms with Crippen LogP contribution in [0.2, 0.25) is 0 Å². The second-order valence-corrected chi connectivity index (χ2v) is 4.78. The zero-order valence-corrected chi connectivity index (χ0v) is 9.13. The second kappa shape index (κ2) is 4.18. The highest BCUT2D eigenvalue weighted by atomic mass is 32.2. The quantitative estimate of drug-likeness (QED) is 0.731. The molecule has 3 nitrogen and oxygen atoms in total. The van der Waals surface area contributed by atoms with Gasteiger partial charge in [-0.2, -0.15) is 0 Å². The maximum atomic E-state index is 12.9. The van der Waals surface area contributed by atoms with E-state index < -0.39 is 5.82 Å². The molecule has 1 saturated heterocycles. The summed E-state index contributed by atoms with van der Waals surface area (Å²) in [6, 6.07) is 1.23. The minimum Gasteiger partial charge on any atom is -0.326 e. The number of pyridine rings is 1. The number of hydrogen-bond donors (Lipinski definition) is 0. The minimum absolute atomic E-state index is 0.139. The highest BCUT2D eigenvalue weighted by Crippen LogP contribution is 2.24. The Balaban J connectivity index is 2.20. The Kier molecular flexibility index (Phi) is 2.90. The fourth-order valence-electron chi connectivity index (χ4n) is 1.55. The average Bonchev–Trinajstić information content (AvgIpc) is 2.63. The van der Waals surface area contributed by atoms with E-state index >= 15 is 0 Å². The lowest BCUT2D eigenvalue weighted by atomic mass is 10.2. The van der Waals surface area contributed by atoms with E-state index in [0.29, 0.717) is 5.56 Å². The van der Waals surface area contributed by atoms with Gasteiger partial charge in [-0.25, -0.2) is 4.39 Å². The van der Waals surface area contributed by atoms with E-state index in [1.54, 1.807) is 16.7 Å². The summed E-state index contributed by atoms with van der Waals surface area (Å²) in [5.74, 6) is 0.329. The molecule has 1 atom stereocenters. The molecule has 80 valence electrons. The number of rotatable bonds is 1. The lowest BCUT2D eigenvalue weighted by molar-refractivity contribution is 0.0767. The molecule has 0 bridgehead atoms. The average molecular weight is 226 g/mol. The van der Waals surface area contributed by atoms with E-state index in [4.69, 9.17) is 0 Å². The van der Waals surface area contributed by atoms with Crippen LogP contribution in [-0.2, 0) is 0 Å². The maximum absolute atomic E-state index is 12.9. The summed E-state index contributed by atoms with van der Waals surface area (Å²) < 4.78 is 12.9. The Morgan fingerprint density at radius 3 is 3.07 bits per heavy atom. The van der Waals surface area contributed by atoms with Crippen molar-refractivity contribution in [3.8, 4) is 0 Å². The molecule has 1 fully saturated rings. The number of amides is 1. The summed E-state index contributed by atoms with van der Waals surface area (Å²) in [6.45, 7) is 2.70. The van der Waals surface area contributed by atoms with Crippen LogP contribution in [0.25, 0.3) is 0 Å². The van der Waals surface area contributed by atoms with E-state index in [1.807, 2.05) is 6.92 Å². The van der Waals surface area contributed by atoms with Crippen LogP contribution < -0.4 is 0 Å². The minimum atomic E-state index is -0.472. The SMILES string of the molecule is CC1SCCN1C(=O)c1cncc(F)c1. The zero-order valence-electron chi connectivity index (χ0n) is 8.31. The molecule has 15 heavy (non-hydrogen) atoms. The molecule has 1 unspecified atom stereocenters. The fourth-order valence-corrected chi connectivity index (χ4v) is 2.58. The van der Waals surface area contributed by atoms with Crippen molar-refractivity contribution in [2.75, 3.05) is 12.3 Å². The van der Waals surface area contributed by atoms with Crippen molar-refractivity contribution in [3.05, 3.63) is 29.8 Å². The third-order valence-electron chi connectivity index (χ3n) is 2.34. The smallest absolute Gasteiger partial charge is 0.256 e. The number of hydrogen-bond acceptors (Lipinski definition) is 3. The predicted octanol–water partition coefficient (Wildman–Crippen LogP) is 1.76. The van der Waals surface area contributed by atoms with Crippen molar-refractivity contribution in [1.29, 1.82) is 0 Å². The van der Waals surface area contributed by atoms with Gasteiger partial charge < -0.3 is 4.90 Å². The van der Waals surface area contributed by atoms with Gasteiger partial charge in [-0.3, -0.25) is 9.78 Å². The molecule has 0 N–H and O–H groups in total. The topological polar surface area (TPSA) is 33.2 Å². The molecule has 0 aliphatic carbocycles. The van der Waals surface area contributed by atoms with Gasteiger partial charge >= 0.3 is 0 Å². The molecule has 1 aliphatic heterocycles. The zero-order chi connectivity index (χ0) is 10.8. The monoisotopic (exact) mass is 226 g/mol. The first-order valence-corrected chi connectivity index (χ1v) is 5.76. The van der Waals surface area contributed by atoms with E-state index in [9.17, 15) is 9.18 Å². The lowest BCUT2D eigenvalue weighted by Crippen LogP contribution is -2.33. The van der Waals surface area contributed by atoms with Gasteiger partial charge in [0.2, 0.25) is 0 Å². The van der Waals surface area contributed by atoms with Crippen LogP contribution in [0.4, 0.5) is 4.39 Å². The molecule has 0 radical (unpaired) electrons. The summed E-state index contributed by atoms with van der Waals surface area (Å²) >= 11 is 1.72. The molecular weight excluding hydrogens is 215 g/mol. The van der Waals surface area contributed by atoms with E-state index in [2.05, 4.69) is 4.98 Å². The second-order valence-electron chi connectivity index (χ2n) is 3.36. The third-order valence-corrected chi connectivity index (χ3v) is 3.50. The van der Waals surface area contributed by atoms with Crippen molar-refractivity contribution in [3.63, 3.8) is 0 Å². The number of halogens is 1. The Morgan fingerprint density at radius 2 is 2.47 bits per heavy atom. The molecule has 2 rings (SSSR count). The molecule has 2 heterocycles. The van der Waals surface area contributed by atoms with Crippen LogP contribution in [0, 0.1) is 5.82 Å². The van der Waals surface area contributed by atoms with Crippen molar-refractivity contribution in [2.24, 2.45) is 0 Å². The third kappa shape index (κ3) is 2.12. The lowest BCUT2D eigenvalue weighted by Gasteiger charge is -2.20. The predicted molar refractivity (Wildman–Crippen MR) is 57.2 cm³/mol. The van der Waals surface area contributed by atoms with Gasteiger partial charge in [0.15, 0.2) is 0 Å². The van der Waals surface area contributed by atoms with Crippen molar-refractivity contribution >= 4 is 17.7 Å². The number of thioether (sulfide) groups is 1. The normalized spacial score (nSPS) is 20.7. The summed E-state index contributed by atoms with van der Waals surface area (Å²) in [7, 11) is 0. The highest BCUT2D eigenvalue weighted by Gasteiger charge is 2.26. The first kappa shape index (κ1) is 10.4. The molecule has 1 aliphatic rings. The molecule has 0 saturated carbocycles. The van der Waals surface area contributed by atoms with Gasteiger partial charge in [0.25, 0.3) is 5.91 Å². The Bertz CT molecular complexity index is 385. The number of carbonyl (C=O) groups excluding carboxylic acids is 1. The molecule has 5 heteroatoms. The molecule has 0 spiro atoms. The van der Waals surface area contributed by atoms with E-state index in [0.717, 1.165) is 18.5 Å². The van der Waals surface area contributed by atoms with Crippen molar-refractivity contribution in [2.45, 2.75) is 12.3 Å². The van der Waals surface area contributed by atoms with Gasteiger partial charge in [-0.1, -0.05) is 0 Å². The number of aromatic nitrogens is 1. The molecule has 1 aromatic heterocycles. The molecular formula is C10H11FN2OS. The Labute approximate surface area is 91.7 Å². The summed E-state index contributed by atoms with van der Waals surface area (Å²) in [4.78, 5) is 17.3. The number of nitrogens with zero attached hydrogens (tertiary/aromatic N) is 2. The first-order valence-electron chi connectivity index (χ1n) is 4.71. The molecule has 1 amide bonds. The van der Waals surface area contributed by atoms with Crippen LogP contribution >= 0.6 is 11.8 Å². The van der Waals surface area contributed by atoms with Gasteiger partial charge in [0.05, 0.1) is 17.1 Å². The fraction of sp³-hybridized carbons (Fsp3) is 0.400.